The van der Waals surface area contributed by atoms with Crippen LogP contribution in [0.3, 0.4) is 0 Å². The lowest BCUT2D eigenvalue weighted by Gasteiger charge is -2.14. The van der Waals surface area contributed by atoms with Crippen LogP contribution in [0.25, 0.3) is 55.3 Å². The number of benzene rings is 7. The van der Waals surface area contributed by atoms with Crippen LogP contribution in [-0.2, 0) is 0 Å². The summed E-state index contributed by atoms with van der Waals surface area (Å²) >= 11 is 0. The smallest absolute Gasteiger partial charge is 0.0384 e. The molecule has 0 saturated heterocycles. The molecule has 0 aliphatic heterocycles. The molecule has 7 aromatic rings. The van der Waals surface area contributed by atoms with E-state index in [-0.39, 0.29) is 0 Å². The molecule has 0 aromatic heterocycles. The molecular formula is C40H29N. The summed E-state index contributed by atoms with van der Waals surface area (Å²) in [6.45, 7) is 0. The first-order valence-electron chi connectivity index (χ1n) is 14.0. The molecule has 1 heteroatoms. The van der Waals surface area contributed by atoms with Gasteiger partial charge in [-0.3, -0.25) is 0 Å². The third-order valence-corrected chi connectivity index (χ3v) is 7.68. The highest BCUT2D eigenvalue weighted by atomic mass is 14.9. The molecule has 41 heavy (non-hydrogen) atoms. The van der Waals surface area contributed by atoms with Gasteiger partial charge in [0.25, 0.3) is 0 Å². The molecule has 7 rings (SSSR count). The summed E-state index contributed by atoms with van der Waals surface area (Å²) in [5.74, 6) is 0. The average molecular weight is 524 g/mol. The lowest BCUT2D eigenvalue weighted by atomic mass is 9.91. The number of nitrogens with one attached hydrogen (secondary N) is 1. The Balaban J connectivity index is 1.14. The zero-order valence-electron chi connectivity index (χ0n) is 22.7. The number of fused-ring (bicyclic) bond motifs is 1. The normalized spacial score (nSPS) is 10.9. The first-order chi connectivity index (χ1) is 20.3. The summed E-state index contributed by atoms with van der Waals surface area (Å²) in [6.07, 6.45) is 0. The van der Waals surface area contributed by atoms with Gasteiger partial charge >= 0.3 is 0 Å². The van der Waals surface area contributed by atoms with Crippen LogP contribution < -0.4 is 5.32 Å². The average Bonchev–Trinajstić information content (AvgIpc) is 3.06. The second-order valence-corrected chi connectivity index (χ2v) is 10.3. The number of anilines is 2. The molecule has 0 spiro atoms. The fraction of sp³-hybridized carbons (Fsp3) is 0. The third kappa shape index (κ3) is 5.14. The molecule has 0 amide bonds. The Bertz CT molecular complexity index is 1920. The van der Waals surface area contributed by atoms with Crippen molar-refractivity contribution in [1.29, 1.82) is 0 Å². The SMILES string of the molecule is c1ccc(-c2ccc(-c3ccc(Nc4ccc(-c5cccc6ccccc56)cc4)cc3)cc2-c2ccccc2)cc1. The molecule has 0 radical (unpaired) electrons. The molecule has 194 valence electrons. The van der Waals surface area contributed by atoms with Crippen LogP contribution in [0.5, 0.6) is 0 Å². The summed E-state index contributed by atoms with van der Waals surface area (Å²) in [5, 5.41) is 6.10. The quantitative estimate of drug-likeness (QED) is 0.229. The summed E-state index contributed by atoms with van der Waals surface area (Å²) in [4.78, 5) is 0. The van der Waals surface area contributed by atoms with Gasteiger partial charge < -0.3 is 5.32 Å². The Hall–Kier alpha value is -5.40. The third-order valence-electron chi connectivity index (χ3n) is 7.68. The first-order valence-corrected chi connectivity index (χ1v) is 14.0. The van der Waals surface area contributed by atoms with E-state index in [4.69, 9.17) is 0 Å². The van der Waals surface area contributed by atoms with E-state index in [1.54, 1.807) is 0 Å². The van der Waals surface area contributed by atoms with E-state index in [9.17, 15) is 0 Å². The minimum atomic E-state index is 1.07. The van der Waals surface area contributed by atoms with Crippen molar-refractivity contribution >= 4 is 22.1 Å². The highest BCUT2D eigenvalue weighted by Gasteiger charge is 2.10. The van der Waals surface area contributed by atoms with Crippen LogP contribution in [0.1, 0.15) is 0 Å². The molecule has 0 bridgehead atoms. The van der Waals surface area contributed by atoms with Gasteiger partial charge in [-0.25, -0.2) is 0 Å². The van der Waals surface area contributed by atoms with Crippen LogP contribution in [0.15, 0.2) is 170 Å². The monoisotopic (exact) mass is 523 g/mol. The van der Waals surface area contributed by atoms with Crippen LogP contribution in [0.4, 0.5) is 11.4 Å². The maximum absolute atomic E-state index is 3.57. The van der Waals surface area contributed by atoms with Gasteiger partial charge in [0.15, 0.2) is 0 Å². The summed E-state index contributed by atoms with van der Waals surface area (Å²) < 4.78 is 0. The molecule has 0 heterocycles. The van der Waals surface area contributed by atoms with Crippen molar-refractivity contribution in [2.75, 3.05) is 5.32 Å². The second kappa shape index (κ2) is 11.0. The van der Waals surface area contributed by atoms with Gasteiger partial charge in [0, 0.05) is 11.4 Å². The number of rotatable bonds is 6. The van der Waals surface area contributed by atoms with Crippen LogP contribution >= 0.6 is 0 Å². The maximum Gasteiger partial charge on any atom is 0.0384 e. The Kier molecular flexibility index (Phi) is 6.61. The molecule has 0 atom stereocenters. The highest BCUT2D eigenvalue weighted by Crippen LogP contribution is 2.36. The van der Waals surface area contributed by atoms with Gasteiger partial charge in [-0.15, -0.1) is 0 Å². The standard InChI is InChI=1S/C40H29N/c1-3-10-30(11-4-1)39-27-22-34(28-40(39)32-12-5-2-6-13-32)29-18-23-35(24-19-29)41-36-25-20-33(21-26-36)38-17-9-15-31-14-7-8-16-37(31)38/h1-28,41H. The van der Waals surface area contributed by atoms with Crippen LogP contribution in [0.2, 0.25) is 0 Å². The van der Waals surface area contributed by atoms with Crippen molar-refractivity contribution in [3.05, 3.63) is 170 Å². The fourth-order valence-electron chi connectivity index (χ4n) is 5.57. The van der Waals surface area contributed by atoms with Crippen molar-refractivity contribution in [3.8, 4) is 44.5 Å². The van der Waals surface area contributed by atoms with E-state index in [1.165, 1.54) is 55.3 Å². The van der Waals surface area contributed by atoms with E-state index in [0.717, 1.165) is 11.4 Å². The highest BCUT2D eigenvalue weighted by molar-refractivity contribution is 5.96. The van der Waals surface area contributed by atoms with Gasteiger partial charge in [-0.1, -0.05) is 140 Å². The van der Waals surface area contributed by atoms with Crippen molar-refractivity contribution < 1.29 is 0 Å². The summed E-state index contributed by atoms with van der Waals surface area (Å²) in [6, 6.07) is 60.5. The minimum Gasteiger partial charge on any atom is -0.356 e. The number of hydrogen-bond donors (Lipinski definition) is 1. The maximum atomic E-state index is 3.57. The molecular weight excluding hydrogens is 494 g/mol. The van der Waals surface area contributed by atoms with E-state index in [0.29, 0.717) is 0 Å². The first kappa shape index (κ1) is 24.6. The van der Waals surface area contributed by atoms with Gasteiger partial charge in [0.1, 0.15) is 0 Å². The van der Waals surface area contributed by atoms with E-state index >= 15 is 0 Å². The summed E-state index contributed by atoms with van der Waals surface area (Å²) in [5.41, 5.74) is 11.9. The molecule has 0 aliphatic carbocycles. The van der Waals surface area contributed by atoms with Crippen LogP contribution in [-0.4, -0.2) is 0 Å². The van der Waals surface area contributed by atoms with Crippen molar-refractivity contribution in [2.24, 2.45) is 0 Å². The van der Waals surface area contributed by atoms with Crippen molar-refractivity contribution in [1.82, 2.24) is 0 Å². The predicted octanol–water partition coefficient (Wildman–Crippen LogP) is 11.3. The zero-order chi connectivity index (χ0) is 27.4. The van der Waals surface area contributed by atoms with Crippen LogP contribution in [0, 0.1) is 0 Å². The predicted molar refractivity (Wildman–Crippen MR) is 175 cm³/mol. The Morgan fingerprint density at radius 1 is 0.293 bits per heavy atom. The van der Waals surface area contributed by atoms with E-state index in [1.807, 2.05) is 0 Å². The second-order valence-electron chi connectivity index (χ2n) is 10.3. The number of hydrogen-bond acceptors (Lipinski definition) is 1. The van der Waals surface area contributed by atoms with Crippen molar-refractivity contribution in [2.45, 2.75) is 0 Å². The molecule has 0 aliphatic rings. The molecule has 0 fully saturated rings. The van der Waals surface area contributed by atoms with Gasteiger partial charge in [0.05, 0.1) is 0 Å². The minimum absolute atomic E-state index is 1.07. The largest absolute Gasteiger partial charge is 0.356 e. The van der Waals surface area contributed by atoms with Gasteiger partial charge in [-0.05, 0) is 85.6 Å². The Morgan fingerprint density at radius 3 is 1.49 bits per heavy atom. The topological polar surface area (TPSA) is 12.0 Å². The Labute approximate surface area is 241 Å². The summed E-state index contributed by atoms with van der Waals surface area (Å²) in [7, 11) is 0. The van der Waals surface area contributed by atoms with E-state index < -0.39 is 0 Å². The lowest BCUT2D eigenvalue weighted by molar-refractivity contribution is 1.53. The molecule has 1 nitrogen and oxygen atoms in total. The molecule has 7 aromatic carbocycles. The van der Waals surface area contributed by atoms with Gasteiger partial charge in [0.2, 0.25) is 0 Å². The fourth-order valence-corrected chi connectivity index (χ4v) is 5.57. The van der Waals surface area contributed by atoms with E-state index in [2.05, 4.69) is 175 Å². The lowest BCUT2D eigenvalue weighted by Crippen LogP contribution is -1.91. The molecule has 1 N–H and O–H groups in total. The zero-order valence-corrected chi connectivity index (χ0v) is 22.7. The molecule has 0 saturated carbocycles. The van der Waals surface area contributed by atoms with Gasteiger partial charge in [-0.2, -0.15) is 0 Å². The Morgan fingerprint density at radius 2 is 0.805 bits per heavy atom. The molecule has 0 unspecified atom stereocenters. The van der Waals surface area contributed by atoms with Crippen molar-refractivity contribution in [3.63, 3.8) is 0 Å².